The van der Waals surface area contributed by atoms with Crippen LogP contribution in [0.4, 0.5) is 0 Å². The highest BCUT2D eigenvalue weighted by molar-refractivity contribution is 7.80. The number of thiocarbonyl (C=S) groups is 1. The van der Waals surface area contributed by atoms with Crippen molar-refractivity contribution in [3.8, 4) is 5.75 Å². The smallest absolute Gasteiger partial charge is 0.119 e. The van der Waals surface area contributed by atoms with Gasteiger partial charge in [0.25, 0.3) is 0 Å². The Morgan fingerprint density at radius 1 is 1.33 bits per heavy atom. The summed E-state index contributed by atoms with van der Waals surface area (Å²) >= 11 is 4.89. The summed E-state index contributed by atoms with van der Waals surface area (Å²) in [6.45, 7) is 8.30. The van der Waals surface area contributed by atoms with Crippen LogP contribution in [0.5, 0.6) is 5.75 Å². The molecule has 0 fully saturated rings. The molecule has 21 heavy (non-hydrogen) atoms. The molecule has 0 saturated heterocycles. The Morgan fingerprint density at radius 3 is 2.38 bits per heavy atom. The standard InChI is InChI=1S/C16H26N2O2S/c1-16(2,3)11-18(4)9-13(19)10-20-14-7-5-12(6-8-14)15(17)21/h5-8,13,19H,9-11H2,1-4H3,(H2,17,21). The Hall–Kier alpha value is -1.17. The largest absolute Gasteiger partial charge is 0.491 e. The number of hydrogen-bond acceptors (Lipinski definition) is 4. The Morgan fingerprint density at radius 2 is 1.90 bits per heavy atom. The van der Waals surface area contributed by atoms with E-state index >= 15 is 0 Å². The minimum atomic E-state index is -0.521. The van der Waals surface area contributed by atoms with Gasteiger partial charge < -0.3 is 20.5 Å². The second kappa shape index (κ2) is 7.73. The zero-order valence-electron chi connectivity index (χ0n) is 13.3. The lowest BCUT2D eigenvalue weighted by Gasteiger charge is -2.28. The molecule has 0 aliphatic carbocycles. The van der Waals surface area contributed by atoms with E-state index in [0.717, 1.165) is 12.1 Å². The third kappa shape index (κ3) is 7.41. The van der Waals surface area contributed by atoms with Crippen molar-refractivity contribution in [1.29, 1.82) is 0 Å². The molecular formula is C16H26N2O2S. The van der Waals surface area contributed by atoms with Crippen molar-refractivity contribution < 1.29 is 9.84 Å². The van der Waals surface area contributed by atoms with Crippen molar-refractivity contribution in [2.45, 2.75) is 26.9 Å². The molecule has 0 amide bonds. The first-order valence-corrected chi connectivity index (χ1v) is 7.47. The normalized spacial score (nSPS) is 13.2. The quantitative estimate of drug-likeness (QED) is 0.755. The van der Waals surface area contributed by atoms with Crippen LogP contribution in [0, 0.1) is 5.41 Å². The van der Waals surface area contributed by atoms with Gasteiger partial charge in [-0.1, -0.05) is 33.0 Å². The third-order valence-electron chi connectivity index (χ3n) is 2.85. The lowest BCUT2D eigenvalue weighted by molar-refractivity contribution is 0.0667. The van der Waals surface area contributed by atoms with Crippen molar-refractivity contribution in [2.75, 3.05) is 26.7 Å². The number of nitrogens with zero attached hydrogens (tertiary/aromatic N) is 1. The van der Waals surface area contributed by atoms with E-state index in [-0.39, 0.29) is 12.0 Å². The molecule has 118 valence electrons. The molecule has 0 spiro atoms. The van der Waals surface area contributed by atoms with Crippen LogP contribution >= 0.6 is 12.2 Å². The van der Waals surface area contributed by atoms with Gasteiger partial charge in [0.15, 0.2) is 0 Å². The average molecular weight is 310 g/mol. The lowest BCUT2D eigenvalue weighted by atomic mass is 9.96. The van der Waals surface area contributed by atoms with Gasteiger partial charge in [0.05, 0.1) is 0 Å². The molecule has 0 heterocycles. The minimum absolute atomic E-state index is 0.214. The summed E-state index contributed by atoms with van der Waals surface area (Å²) in [6, 6.07) is 7.24. The molecule has 1 aromatic carbocycles. The number of nitrogens with two attached hydrogens (primary N) is 1. The highest BCUT2D eigenvalue weighted by Gasteiger charge is 2.16. The van der Waals surface area contributed by atoms with Crippen LogP contribution in [0.2, 0.25) is 0 Å². The van der Waals surface area contributed by atoms with E-state index in [1.807, 2.05) is 19.2 Å². The summed E-state index contributed by atoms with van der Waals surface area (Å²) in [5.41, 5.74) is 6.56. The average Bonchev–Trinajstić information content (AvgIpc) is 2.34. The number of hydrogen-bond donors (Lipinski definition) is 2. The second-order valence-corrected chi connectivity index (χ2v) is 7.05. The van der Waals surface area contributed by atoms with E-state index in [0.29, 0.717) is 17.3 Å². The van der Waals surface area contributed by atoms with Gasteiger partial charge in [-0.05, 0) is 36.7 Å². The summed E-state index contributed by atoms with van der Waals surface area (Å²) in [5.74, 6) is 0.701. The van der Waals surface area contributed by atoms with Crippen LogP contribution < -0.4 is 10.5 Å². The SMILES string of the molecule is CN(CC(O)COc1ccc(C(N)=S)cc1)CC(C)(C)C. The van der Waals surface area contributed by atoms with Crippen LogP contribution in [0.1, 0.15) is 26.3 Å². The molecular weight excluding hydrogens is 284 g/mol. The van der Waals surface area contributed by atoms with Crippen molar-refractivity contribution in [3.05, 3.63) is 29.8 Å². The Labute approximate surface area is 132 Å². The van der Waals surface area contributed by atoms with E-state index in [9.17, 15) is 5.11 Å². The summed E-state index contributed by atoms with van der Waals surface area (Å²) in [5, 5.41) is 10.0. The first-order valence-electron chi connectivity index (χ1n) is 7.06. The number of aliphatic hydroxyl groups excluding tert-OH is 1. The molecule has 3 N–H and O–H groups in total. The number of benzene rings is 1. The molecule has 0 aliphatic heterocycles. The van der Waals surface area contributed by atoms with Crippen molar-refractivity contribution in [2.24, 2.45) is 11.1 Å². The van der Waals surface area contributed by atoms with E-state index in [1.165, 1.54) is 0 Å². The highest BCUT2D eigenvalue weighted by Crippen LogP contribution is 2.15. The van der Waals surface area contributed by atoms with Gasteiger partial charge in [-0.2, -0.15) is 0 Å². The van der Waals surface area contributed by atoms with Crippen LogP contribution in [0.3, 0.4) is 0 Å². The fourth-order valence-corrected chi connectivity index (χ4v) is 2.33. The van der Waals surface area contributed by atoms with Gasteiger partial charge in [0, 0.05) is 18.7 Å². The molecule has 0 saturated carbocycles. The highest BCUT2D eigenvalue weighted by atomic mass is 32.1. The van der Waals surface area contributed by atoms with Crippen LogP contribution in [0.15, 0.2) is 24.3 Å². The Balaban J connectivity index is 2.39. The van der Waals surface area contributed by atoms with Crippen molar-refractivity contribution in [3.63, 3.8) is 0 Å². The van der Waals surface area contributed by atoms with Gasteiger partial charge in [-0.3, -0.25) is 0 Å². The fraction of sp³-hybridized carbons (Fsp3) is 0.562. The summed E-state index contributed by atoms with van der Waals surface area (Å²) in [7, 11) is 2.01. The first kappa shape index (κ1) is 17.9. The monoisotopic (exact) mass is 310 g/mol. The molecule has 1 atom stereocenters. The van der Waals surface area contributed by atoms with Gasteiger partial charge >= 0.3 is 0 Å². The predicted molar refractivity (Wildman–Crippen MR) is 90.8 cm³/mol. The zero-order chi connectivity index (χ0) is 16.0. The third-order valence-corrected chi connectivity index (χ3v) is 3.08. The molecule has 5 heteroatoms. The van der Waals surface area contributed by atoms with E-state index in [1.54, 1.807) is 12.1 Å². The van der Waals surface area contributed by atoms with E-state index in [2.05, 4.69) is 25.7 Å². The Kier molecular flexibility index (Phi) is 6.58. The zero-order valence-corrected chi connectivity index (χ0v) is 14.1. The molecule has 0 aliphatic rings. The number of rotatable bonds is 7. The molecule has 1 unspecified atom stereocenters. The van der Waals surface area contributed by atoms with Gasteiger partial charge in [-0.25, -0.2) is 0 Å². The molecule has 0 aromatic heterocycles. The van der Waals surface area contributed by atoms with Crippen LogP contribution in [-0.4, -0.2) is 47.8 Å². The van der Waals surface area contributed by atoms with E-state index in [4.69, 9.17) is 22.7 Å². The predicted octanol–water partition coefficient (Wildman–Crippen LogP) is 2.04. The molecule has 1 aromatic rings. The van der Waals surface area contributed by atoms with Gasteiger partial charge in [-0.15, -0.1) is 0 Å². The maximum absolute atomic E-state index is 10.0. The minimum Gasteiger partial charge on any atom is -0.491 e. The fourth-order valence-electron chi connectivity index (χ4n) is 2.19. The maximum atomic E-state index is 10.0. The summed E-state index contributed by atoms with van der Waals surface area (Å²) in [4.78, 5) is 2.48. The maximum Gasteiger partial charge on any atom is 0.119 e. The Bertz CT molecular complexity index is 454. The molecule has 4 nitrogen and oxygen atoms in total. The number of ether oxygens (including phenoxy) is 1. The van der Waals surface area contributed by atoms with Crippen molar-refractivity contribution >= 4 is 17.2 Å². The topological polar surface area (TPSA) is 58.7 Å². The lowest BCUT2D eigenvalue weighted by Crippen LogP contribution is -2.37. The molecule has 0 radical (unpaired) electrons. The van der Waals surface area contributed by atoms with Crippen molar-refractivity contribution in [1.82, 2.24) is 4.90 Å². The summed E-state index contributed by atoms with van der Waals surface area (Å²) in [6.07, 6.45) is -0.521. The molecule has 1 rings (SSSR count). The van der Waals surface area contributed by atoms with Gasteiger partial charge in [0.1, 0.15) is 23.4 Å². The van der Waals surface area contributed by atoms with Crippen LogP contribution in [0.25, 0.3) is 0 Å². The van der Waals surface area contributed by atoms with Gasteiger partial charge in [0.2, 0.25) is 0 Å². The van der Waals surface area contributed by atoms with Crippen LogP contribution in [-0.2, 0) is 0 Å². The first-order chi connectivity index (χ1) is 9.67. The second-order valence-electron chi connectivity index (χ2n) is 6.61. The summed E-state index contributed by atoms with van der Waals surface area (Å²) < 4.78 is 5.57. The van der Waals surface area contributed by atoms with E-state index < -0.39 is 6.10 Å². The number of likely N-dealkylation sites (N-methyl/N-ethyl adjacent to an activating group) is 1. The number of aliphatic hydroxyl groups is 1. The molecule has 0 bridgehead atoms.